The summed E-state index contributed by atoms with van der Waals surface area (Å²) in [5.74, 6) is 0.528. The van der Waals surface area contributed by atoms with Gasteiger partial charge in [0.15, 0.2) is 0 Å². The van der Waals surface area contributed by atoms with E-state index in [1.165, 1.54) is 12.4 Å². The zero-order valence-electron chi connectivity index (χ0n) is 11.5. The number of nitrogens with one attached hydrogen (secondary N) is 1. The highest BCUT2D eigenvalue weighted by Gasteiger charge is 2.10. The Kier molecular flexibility index (Phi) is 4.20. The summed E-state index contributed by atoms with van der Waals surface area (Å²) in [6.07, 6.45) is 3.00. The number of nitrogens with two attached hydrogens (primary N) is 1. The van der Waals surface area contributed by atoms with E-state index in [9.17, 15) is 4.79 Å². The van der Waals surface area contributed by atoms with Crippen LogP contribution in [0.1, 0.15) is 21.5 Å². The Morgan fingerprint density at radius 1 is 1.40 bits per heavy atom. The van der Waals surface area contributed by atoms with E-state index >= 15 is 0 Å². The number of nitrogens with zero attached hydrogens (tertiary/aromatic N) is 1. The van der Waals surface area contributed by atoms with E-state index in [1.807, 2.05) is 25.1 Å². The summed E-state index contributed by atoms with van der Waals surface area (Å²) >= 11 is 0. The Hall–Kier alpha value is -2.56. The Labute approximate surface area is 117 Å². The van der Waals surface area contributed by atoms with Crippen molar-refractivity contribution in [3.05, 3.63) is 53.3 Å². The van der Waals surface area contributed by atoms with Crippen LogP contribution in [0, 0.1) is 6.92 Å². The molecule has 2 rings (SSSR count). The van der Waals surface area contributed by atoms with Crippen molar-refractivity contribution in [2.24, 2.45) is 0 Å². The quantitative estimate of drug-likeness (QED) is 0.890. The van der Waals surface area contributed by atoms with E-state index in [0.29, 0.717) is 17.8 Å². The lowest BCUT2D eigenvalue weighted by Crippen LogP contribution is -2.24. The molecule has 2 aromatic rings. The van der Waals surface area contributed by atoms with Gasteiger partial charge in [0, 0.05) is 18.3 Å². The molecule has 5 nitrogen and oxygen atoms in total. The molecule has 1 amide bonds. The van der Waals surface area contributed by atoms with Gasteiger partial charge in [0.2, 0.25) is 0 Å². The SMILES string of the molecule is COc1cc(C)ccc1CNC(=O)c1ccncc1N. The third-order valence-electron chi connectivity index (χ3n) is 2.98. The minimum absolute atomic E-state index is 0.229. The number of carbonyl (C=O) groups excluding carboxylic acids is 1. The summed E-state index contributed by atoms with van der Waals surface area (Å²) in [7, 11) is 1.61. The standard InChI is InChI=1S/C15H17N3O2/c1-10-3-4-11(14(7-10)20-2)8-18-15(19)12-5-6-17-9-13(12)16/h3-7,9H,8,16H2,1-2H3,(H,18,19). The summed E-state index contributed by atoms with van der Waals surface area (Å²) in [6, 6.07) is 7.44. The molecule has 0 atom stereocenters. The van der Waals surface area contributed by atoms with Gasteiger partial charge in [0.1, 0.15) is 5.75 Å². The van der Waals surface area contributed by atoms with Gasteiger partial charge in [-0.05, 0) is 24.6 Å². The van der Waals surface area contributed by atoms with E-state index in [4.69, 9.17) is 10.5 Å². The highest BCUT2D eigenvalue weighted by Crippen LogP contribution is 2.20. The number of pyridine rings is 1. The molecule has 0 saturated carbocycles. The maximum absolute atomic E-state index is 12.0. The molecule has 1 aromatic heterocycles. The lowest BCUT2D eigenvalue weighted by Gasteiger charge is -2.11. The number of methoxy groups -OCH3 is 1. The topological polar surface area (TPSA) is 77.2 Å². The molecule has 0 spiro atoms. The number of anilines is 1. The maximum Gasteiger partial charge on any atom is 0.253 e. The van der Waals surface area contributed by atoms with Gasteiger partial charge < -0.3 is 15.8 Å². The van der Waals surface area contributed by atoms with Gasteiger partial charge in [0.25, 0.3) is 5.91 Å². The molecular formula is C15H17N3O2. The summed E-state index contributed by atoms with van der Waals surface area (Å²) in [4.78, 5) is 15.9. The number of aromatic nitrogens is 1. The minimum atomic E-state index is -0.229. The maximum atomic E-state index is 12.0. The molecule has 0 aliphatic rings. The second kappa shape index (κ2) is 6.06. The normalized spacial score (nSPS) is 10.1. The first-order chi connectivity index (χ1) is 9.61. The van der Waals surface area contributed by atoms with Gasteiger partial charge in [-0.15, -0.1) is 0 Å². The van der Waals surface area contributed by atoms with Crippen molar-refractivity contribution in [3.63, 3.8) is 0 Å². The van der Waals surface area contributed by atoms with Gasteiger partial charge >= 0.3 is 0 Å². The van der Waals surface area contributed by atoms with Crippen molar-refractivity contribution in [3.8, 4) is 5.75 Å². The van der Waals surface area contributed by atoms with Gasteiger partial charge in [-0.2, -0.15) is 0 Å². The third-order valence-corrected chi connectivity index (χ3v) is 2.98. The number of aryl methyl sites for hydroxylation is 1. The Bertz CT molecular complexity index is 626. The van der Waals surface area contributed by atoms with Crippen LogP contribution in [0.5, 0.6) is 5.75 Å². The third kappa shape index (κ3) is 3.06. The molecule has 0 fully saturated rings. The molecule has 0 saturated heterocycles. The zero-order chi connectivity index (χ0) is 14.5. The number of benzene rings is 1. The average molecular weight is 271 g/mol. The molecule has 20 heavy (non-hydrogen) atoms. The van der Waals surface area contributed by atoms with Crippen LogP contribution in [0.2, 0.25) is 0 Å². The van der Waals surface area contributed by atoms with Crippen LogP contribution in [0.4, 0.5) is 5.69 Å². The molecule has 5 heteroatoms. The van der Waals surface area contributed by atoms with Crippen molar-refractivity contribution in [1.29, 1.82) is 0 Å². The van der Waals surface area contributed by atoms with Crippen LogP contribution in [-0.2, 0) is 6.54 Å². The van der Waals surface area contributed by atoms with Crippen molar-refractivity contribution in [2.75, 3.05) is 12.8 Å². The number of rotatable bonds is 4. The van der Waals surface area contributed by atoms with Crippen LogP contribution in [0.3, 0.4) is 0 Å². The number of nitrogen functional groups attached to an aromatic ring is 1. The predicted octanol–water partition coefficient (Wildman–Crippen LogP) is 1.91. The average Bonchev–Trinajstić information content (AvgIpc) is 2.46. The van der Waals surface area contributed by atoms with E-state index in [1.54, 1.807) is 13.2 Å². The summed E-state index contributed by atoms with van der Waals surface area (Å²) in [5.41, 5.74) is 8.53. The lowest BCUT2D eigenvalue weighted by atomic mass is 10.1. The molecule has 1 heterocycles. The molecule has 0 bridgehead atoms. The highest BCUT2D eigenvalue weighted by atomic mass is 16.5. The second-order valence-corrected chi connectivity index (χ2v) is 4.46. The van der Waals surface area contributed by atoms with E-state index in [-0.39, 0.29) is 5.91 Å². The predicted molar refractivity (Wildman–Crippen MR) is 77.6 cm³/mol. The van der Waals surface area contributed by atoms with Crippen molar-refractivity contribution >= 4 is 11.6 Å². The highest BCUT2D eigenvalue weighted by molar-refractivity contribution is 5.98. The smallest absolute Gasteiger partial charge is 0.253 e. The monoisotopic (exact) mass is 271 g/mol. The Balaban J connectivity index is 2.09. The fourth-order valence-electron chi connectivity index (χ4n) is 1.88. The van der Waals surface area contributed by atoms with E-state index < -0.39 is 0 Å². The number of hydrogen-bond acceptors (Lipinski definition) is 4. The van der Waals surface area contributed by atoms with Crippen LogP contribution in [0.15, 0.2) is 36.7 Å². The molecule has 0 unspecified atom stereocenters. The number of ether oxygens (including phenoxy) is 1. The number of carbonyl (C=O) groups is 1. The van der Waals surface area contributed by atoms with Crippen molar-refractivity contribution < 1.29 is 9.53 Å². The Morgan fingerprint density at radius 3 is 2.90 bits per heavy atom. The van der Waals surface area contributed by atoms with Crippen molar-refractivity contribution in [1.82, 2.24) is 10.3 Å². The van der Waals surface area contributed by atoms with Gasteiger partial charge in [0.05, 0.1) is 24.6 Å². The minimum Gasteiger partial charge on any atom is -0.496 e. The zero-order valence-corrected chi connectivity index (χ0v) is 11.5. The number of amides is 1. The lowest BCUT2D eigenvalue weighted by molar-refractivity contribution is 0.0951. The largest absolute Gasteiger partial charge is 0.496 e. The van der Waals surface area contributed by atoms with E-state index in [2.05, 4.69) is 10.3 Å². The van der Waals surface area contributed by atoms with Gasteiger partial charge in [-0.1, -0.05) is 12.1 Å². The first-order valence-corrected chi connectivity index (χ1v) is 6.23. The van der Waals surface area contributed by atoms with Crippen LogP contribution >= 0.6 is 0 Å². The van der Waals surface area contributed by atoms with Crippen LogP contribution in [-0.4, -0.2) is 18.0 Å². The van der Waals surface area contributed by atoms with Gasteiger partial charge in [-0.3, -0.25) is 9.78 Å². The van der Waals surface area contributed by atoms with Crippen LogP contribution < -0.4 is 15.8 Å². The second-order valence-electron chi connectivity index (χ2n) is 4.46. The molecule has 3 N–H and O–H groups in total. The molecule has 1 aromatic carbocycles. The molecule has 0 aliphatic heterocycles. The molecule has 0 radical (unpaired) electrons. The Morgan fingerprint density at radius 2 is 2.20 bits per heavy atom. The summed E-state index contributed by atoms with van der Waals surface area (Å²) in [5, 5.41) is 2.82. The molecular weight excluding hydrogens is 254 g/mol. The van der Waals surface area contributed by atoms with Gasteiger partial charge in [-0.25, -0.2) is 0 Å². The first-order valence-electron chi connectivity index (χ1n) is 6.23. The van der Waals surface area contributed by atoms with Crippen molar-refractivity contribution in [2.45, 2.75) is 13.5 Å². The first kappa shape index (κ1) is 13.9. The summed E-state index contributed by atoms with van der Waals surface area (Å²) < 4.78 is 5.30. The van der Waals surface area contributed by atoms with Crippen LogP contribution in [0.25, 0.3) is 0 Å². The molecule has 104 valence electrons. The van der Waals surface area contributed by atoms with E-state index in [0.717, 1.165) is 16.9 Å². The summed E-state index contributed by atoms with van der Waals surface area (Å²) in [6.45, 7) is 2.37. The fourth-order valence-corrected chi connectivity index (χ4v) is 1.88. The fraction of sp³-hybridized carbons (Fsp3) is 0.200. The molecule has 0 aliphatic carbocycles. The number of hydrogen-bond donors (Lipinski definition) is 2.